The van der Waals surface area contributed by atoms with Crippen LogP contribution in [0.2, 0.25) is 6.32 Å². The van der Waals surface area contributed by atoms with E-state index in [2.05, 4.69) is 61.0 Å². The largest absolute Gasteiger partial charge is 0.444 e. The second kappa shape index (κ2) is 15.8. The zero-order valence-electron chi connectivity index (χ0n) is 30.5. The van der Waals surface area contributed by atoms with Gasteiger partial charge in [0.15, 0.2) is 0 Å². The molecule has 5 rings (SSSR count). The number of likely N-dealkylation sites (tertiary alicyclic amines) is 1. The maximum absolute atomic E-state index is 14.0. The molecule has 0 unspecified atom stereocenters. The van der Waals surface area contributed by atoms with E-state index in [0.29, 0.717) is 74.4 Å². The highest BCUT2D eigenvalue weighted by Gasteiger charge is 2.59. The van der Waals surface area contributed by atoms with Gasteiger partial charge in [0.25, 0.3) is 0 Å². The van der Waals surface area contributed by atoms with E-state index >= 15 is 0 Å². The molecule has 0 radical (unpaired) electrons. The molecule has 0 aromatic heterocycles. The highest BCUT2D eigenvalue weighted by molar-refractivity contribution is 6.55. The van der Waals surface area contributed by atoms with Crippen molar-refractivity contribution in [3.8, 4) is 0 Å². The van der Waals surface area contributed by atoms with Crippen molar-refractivity contribution in [2.75, 3.05) is 19.6 Å². The van der Waals surface area contributed by atoms with Gasteiger partial charge in [0.1, 0.15) is 16.9 Å². The lowest BCUT2D eigenvalue weighted by Crippen LogP contribution is -2.78. The van der Waals surface area contributed by atoms with Crippen LogP contribution in [0.15, 0.2) is 5.29 Å². The fourth-order valence-corrected chi connectivity index (χ4v) is 8.71. The van der Waals surface area contributed by atoms with Gasteiger partial charge in [-0.05, 0) is 107 Å². The van der Waals surface area contributed by atoms with E-state index < -0.39 is 11.6 Å². The minimum atomic E-state index is -0.768. The molecule has 0 aromatic carbocycles. The van der Waals surface area contributed by atoms with Gasteiger partial charge in [-0.15, -0.1) is 10.3 Å². The number of guanidine groups is 1. The first-order valence-electron chi connectivity index (χ1n) is 18.2. The van der Waals surface area contributed by atoms with Crippen molar-refractivity contribution < 1.29 is 28.8 Å². The zero-order chi connectivity index (χ0) is 35.4. The third kappa shape index (κ3) is 9.41. The van der Waals surface area contributed by atoms with Crippen LogP contribution in [0.1, 0.15) is 100 Å². The summed E-state index contributed by atoms with van der Waals surface area (Å²) in [6, 6.07) is -0.768. The maximum Gasteiger partial charge on any atom is 0.410 e. The molecule has 3 amide bonds. The molecule has 2 saturated heterocycles. The Morgan fingerprint density at radius 2 is 1.83 bits per heavy atom. The highest BCUT2D eigenvalue weighted by atomic mass is 16.6. The van der Waals surface area contributed by atoms with E-state index in [4.69, 9.17) is 15.1 Å². The van der Waals surface area contributed by atoms with Gasteiger partial charge in [0.2, 0.25) is 11.8 Å². The summed E-state index contributed by atoms with van der Waals surface area (Å²) < 4.78 is 12.4. The Hall–Kier alpha value is -2.90. The molecular formula is C34H61BN7O6+. The monoisotopic (exact) mass is 674 g/mol. The molecular weight excluding hydrogens is 613 g/mol. The molecule has 270 valence electrons. The fourth-order valence-electron chi connectivity index (χ4n) is 8.71. The van der Waals surface area contributed by atoms with E-state index in [1.807, 2.05) is 20.8 Å². The minimum absolute atomic E-state index is 0.0229. The number of rotatable bonds is 12. The van der Waals surface area contributed by atoms with E-state index in [9.17, 15) is 19.3 Å². The molecule has 0 aromatic rings. The van der Waals surface area contributed by atoms with Crippen LogP contribution in [-0.4, -0.2) is 79.0 Å². The number of nitrogens with zero attached hydrogens (tertiary/aromatic N) is 2. The molecule has 13 nitrogen and oxygen atoms in total. The number of amides is 3. The van der Waals surface area contributed by atoms with Gasteiger partial charge in [-0.1, -0.05) is 34.6 Å². The summed E-state index contributed by atoms with van der Waals surface area (Å²) in [7, 11) is 0. The molecule has 5 fully saturated rings. The Morgan fingerprint density at radius 3 is 2.44 bits per heavy atom. The lowest BCUT2D eigenvalue weighted by atomic mass is 9.50. The fraction of sp³-hybridized carbons (Fsp3) is 0.882. The van der Waals surface area contributed by atoms with Crippen molar-refractivity contribution in [3.05, 3.63) is 4.91 Å². The van der Waals surface area contributed by atoms with Gasteiger partial charge >= 0.3 is 19.0 Å². The van der Waals surface area contributed by atoms with Crippen LogP contribution in [0.25, 0.3) is 0 Å². The minimum Gasteiger partial charge on any atom is -0.444 e. The number of nitrogens with one attached hydrogen (secondary N) is 4. The van der Waals surface area contributed by atoms with Crippen molar-refractivity contribution in [2.24, 2.45) is 51.9 Å². The summed E-state index contributed by atoms with van der Waals surface area (Å²) in [6.45, 7) is 18.1. The van der Waals surface area contributed by atoms with Crippen molar-refractivity contribution >= 4 is 30.8 Å². The Morgan fingerprint density at radius 1 is 1.15 bits per heavy atom. The Labute approximate surface area is 287 Å². The molecule has 0 spiro atoms. The maximum atomic E-state index is 14.0. The van der Waals surface area contributed by atoms with Crippen LogP contribution in [0.5, 0.6) is 0 Å². The number of nitroso groups, excluding NO2 is 1. The van der Waals surface area contributed by atoms with E-state index in [1.165, 1.54) is 12.8 Å². The normalized spacial score (nSPS) is 28.4. The summed E-state index contributed by atoms with van der Waals surface area (Å²) >= 11 is 0. The Balaban J connectivity index is 1.41. The number of hydrogen-bond acceptors (Lipinski definition) is 7. The van der Waals surface area contributed by atoms with Gasteiger partial charge < -0.3 is 24.9 Å². The second-order valence-electron chi connectivity index (χ2n) is 16.8. The number of carbonyl (C=O) groups excluding carboxylic acids is 3. The number of nitrogens with two attached hydrogens (primary N) is 1. The van der Waals surface area contributed by atoms with Crippen LogP contribution in [0.3, 0.4) is 0 Å². The van der Waals surface area contributed by atoms with Crippen molar-refractivity contribution in [3.63, 3.8) is 0 Å². The summed E-state index contributed by atoms with van der Waals surface area (Å²) in [4.78, 5) is 55.1. The second-order valence-corrected chi connectivity index (χ2v) is 16.8. The van der Waals surface area contributed by atoms with Gasteiger partial charge in [0.05, 0.1) is 6.54 Å². The summed E-state index contributed by atoms with van der Waals surface area (Å²) in [5, 5.41) is 8.92. The molecule has 7 atom stereocenters. The SMILES string of the molecule is CC(C)C[C@H](NC(=O)[C@H](CCC[NH+]=C(N)NN=O)NC(=O)C1CCN(C(=O)OC(C)(C)C)CC1)B1C[C@@H]2C[C@@H]3C[C@H]([C@@H](C)[C@@H]2O1)C3(C)C. The van der Waals surface area contributed by atoms with Crippen molar-refractivity contribution in [2.45, 2.75) is 130 Å². The van der Waals surface area contributed by atoms with Gasteiger partial charge in [-0.2, -0.15) is 0 Å². The van der Waals surface area contributed by atoms with Crippen LogP contribution >= 0.6 is 0 Å². The Kier molecular flexibility index (Phi) is 12.5. The van der Waals surface area contributed by atoms with Crippen LogP contribution in [0.4, 0.5) is 4.79 Å². The molecule has 48 heavy (non-hydrogen) atoms. The average Bonchev–Trinajstić information content (AvgIpc) is 3.34. The molecule has 14 heteroatoms. The number of ether oxygens (including phenoxy) is 1. The van der Waals surface area contributed by atoms with Gasteiger partial charge in [0, 0.05) is 31.1 Å². The predicted octanol–water partition coefficient (Wildman–Crippen LogP) is 2.34. The molecule has 2 aliphatic heterocycles. The third-order valence-electron chi connectivity index (χ3n) is 11.4. The van der Waals surface area contributed by atoms with Crippen LogP contribution in [-0.2, 0) is 19.0 Å². The van der Waals surface area contributed by atoms with Crippen molar-refractivity contribution in [1.82, 2.24) is 21.0 Å². The van der Waals surface area contributed by atoms with Gasteiger partial charge in [-0.25, -0.2) is 4.79 Å². The number of carbonyl (C=O) groups is 3. The molecule has 2 bridgehead atoms. The first-order chi connectivity index (χ1) is 22.5. The number of piperidine rings is 1. The summed E-state index contributed by atoms with van der Waals surface area (Å²) in [6.07, 6.45) is 5.88. The Bertz CT molecular complexity index is 1180. The standard InChI is InChI=1S/C34H60BN7O6/c1-20(2)16-27(35-19-23-17-24-18-25(34(24,7)8)21(3)28(23)48-35)39-30(44)26(10-9-13-37-31(36)40-41-46)38-29(43)22-11-14-42(15-12-22)32(45)47-33(4,5)6/h20-28H,9-19H2,1-8H3,(H,38,43)(H,39,44)(H3,36,37,40,46)/p+1/t21-,23+,24-,25-,26+,27+,28+/m1/s1. The summed E-state index contributed by atoms with van der Waals surface area (Å²) in [5.74, 6) is 1.85. The zero-order valence-corrected chi connectivity index (χ0v) is 30.5. The average molecular weight is 675 g/mol. The highest BCUT2D eigenvalue weighted by Crippen LogP contribution is 2.62. The van der Waals surface area contributed by atoms with Crippen LogP contribution in [0, 0.1) is 45.8 Å². The van der Waals surface area contributed by atoms with Crippen LogP contribution < -0.4 is 26.8 Å². The lowest BCUT2D eigenvalue weighted by molar-refractivity contribution is -0.461. The third-order valence-corrected chi connectivity index (χ3v) is 11.4. The smallest absolute Gasteiger partial charge is 0.410 e. The topological polar surface area (TPSA) is 178 Å². The first-order valence-corrected chi connectivity index (χ1v) is 18.2. The first kappa shape index (κ1) is 37.9. The molecule has 5 aliphatic rings. The molecule has 3 aliphatic carbocycles. The lowest BCUT2D eigenvalue weighted by Gasteiger charge is -2.53. The van der Waals surface area contributed by atoms with E-state index in [1.54, 1.807) is 4.90 Å². The van der Waals surface area contributed by atoms with E-state index in [0.717, 1.165) is 18.7 Å². The van der Waals surface area contributed by atoms with Gasteiger partial charge in [-0.3, -0.25) is 20.3 Å². The molecule has 3 saturated carbocycles. The molecule has 6 N–H and O–H groups in total. The summed E-state index contributed by atoms with van der Waals surface area (Å²) in [5.41, 5.74) is 7.58. The van der Waals surface area contributed by atoms with E-state index in [-0.39, 0.29) is 48.7 Å². The van der Waals surface area contributed by atoms with Crippen molar-refractivity contribution in [1.29, 1.82) is 0 Å². The predicted molar refractivity (Wildman–Crippen MR) is 185 cm³/mol. The molecule has 2 heterocycles. The quantitative estimate of drug-likeness (QED) is 0.0523. The number of hydrogen-bond donors (Lipinski definition) is 5.